The van der Waals surface area contributed by atoms with Crippen LogP contribution in [0, 0.1) is 0 Å². The maximum atomic E-state index is 4.56. The van der Waals surface area contributed by atoms with Crippen LogP contribution < -0.4 is 4.90 Å². The molecule has 0 amide bonds. The van der Waals surface area contributed by atoms with Crippen LogP contribution in [0.1, 0.15) is 32.1 Å². The van der Waals surface area contributed by atoms with E-state index in [0.717, 1.165) is 5.82 Å². The van der Waals surface area contributed by atoms with Gasteiger partial charge in [-0.3, -0.25) is 0 Å². The van der Waals surface area contributed by atoms with E-state index in [4.69, 9.17) is 0 Å². The predicted octanol–water partition coefficient (Wildman–Crippen LogP) is 4.55. The molecule has 0 spiro atoms. The number of aromatic nitrogens is 1. The fourth-order valence-electron chi connectivity index (χ4n) is 2.95. The minimum Gasteiger partial charge on any atom is -0.323 e. The minimum atomic E-state index is 0.589. The molecule has 2 aromatic rings. The van der Waals surface area contributed by atoms with Crippen molar-refractivity contribution in [1.29, 1.82) is 0 Å². The molecule has 3 rings (SSSR count). The van der Waals surface area contributed by atoms with E-state index < -0.39 is 0 Å². The van der Waals surface area contributed by atoms with Crippen LogP contribution in [0.25, 0.3) is 0 Å². The van der Waals surface area contributed by atoms with Gasteiger partial charge in [-0.15, -0.1) is 0 Å². The van der Waals surface area contributed by atoms with Gasteiger partial charge in [-0.1, -0.05) is 43.5 Å². The number of para-hydroxylation sites is 1. The molecule has 1 aliphatic carbocycles. The second-order valence-corrected chi connectivity index (χ2v) is 5.19. The van der Waals surface area contributed by atoms with Crippen molar-refractivity contribution >= 4 is 11.5 Å². The van der Waals surface area contributed by atoms with Crippen LogP contribution in [-0.2, 0) is 0 Å². The highest BCUT2D eigenvalue weighted by Crippen LogP contribution is 2.32. The van der Waals surface area contributed by atoms with Gasteiger partial charge >= 0.3 is 0 Å². The molecular formula is C17H20N2. The summed E-state index contributed by atoms with van der Waals surface area (Å²) >= 11 is 0. The highest BCUT2D eigenvalue weighted by Gasteiger charge is 2.23. The Kier molecular flexibility index (Phi) is 3.78. The zero-order valence-electron chi connectivity index (χ0n) is 11.2. The van der Waals surface area contributed by atoms with Crippen LogP contribution in [0.5, 0.6) is 0 Å². The van der Waals surface area contributed by atoms with Crippen molar-refractivity contribution in [2.24, 2.45) is 0 Å². The van der Waals surface area contributed by atoms with Crippen molar-refractivity contribution in [3.63, 3.8) is 0 Å². The molecule has 1 aromatic heterocycles. The summed E-state index contributed by atoms with van der Waals surface area (Å²) in [5.41, 5.74) is 1.26. The molecule has 0 atom stereocenters. The second kappa shape index (κ2) is 5.87. The van der Waals surface area contributed by atoms with E-state index in [2.05, 4.69) is 52.3 Å². The van der Waals surface area contributed by atoms with Gasteiger partial charge in [0.25, 0.3) is 0 Å². The van der Waals surface area contributed by atoms with Crippen LogP contribution in [0.2, 0.25) is 0 Å². The normalized spacial score (nSPS) is 16.2. The lowest BCUT2D eigenvalue weighted by Gasteiger charge is -2.35. The Hall–Kier alpha value is -1.83. The lowest BCUT2D eigenvalue weighted by atomic mass is 9.93. The summed E-state index contributed by atoms with van der Waals surface area (Å²) in [5, 5.41) is 0. The second-order valence-electron chi connectivity index (χ2n) is 5.19. The number of nitrogens with zero attached hydrogens (tertiary/aromatic N) is 2. The lowest BCUT2D eigenvalue weighted by molar-refractivity contribution is 0.434. The van der Waals surface area contributed by atoms with Gasteiger partial charge in [0, 0.05) is 17.9 Å². The number of hydrogen-bond donors (Lipinski definition) is 0. The maximum absolute atomic E-state index is 4.56. The van der Waals surface area contributed by atoms with Crippen LogP contribution in [0.3, 0.4) is 0 Å². The van der Waals surface area contributed by atoms with E-state index in [1.165, 1.54) is 37.8 Å². The summed E-state index contributed by atoms with van der Waals surface area (Å²) in [7, 11) is 0. The monoisotopic (exact) mass is 252 g/mol. The van der Waals surface area contributed by atoms with Gasteiger partial charge in [-0.05, 0) is 37.1 Å². The van der Waals surface area contributed by atoms with Gasteiger partial charge in [-0.2, -0.15) is 0 Å². The number of rotatable bonds is 3. The van der Waals surface area contributed by atoms with Gasteiger partial charge in [0.1, 0.15) is 5.82 Å². The van der Waals surface area contributed by atoms with E-state index in [-0.39, 0.29) is 0 Å². The predicted molar refractivity (Wildman–Crippen MR) is 79.7 cm³/mol. The number of hydrogen-bond acceptors (Lipinski definition) is 2. The third-order valence-electron chi connectivity index (χ3n) is 3.87. The first-order valence-electron chi connectivity index (χ1n) is 7.20. The summed E-state index contributed by atoms with van der Waals surface area (Å²) in [6.45, 7) is 0. The molecule has 0 saturated heterocycles. The average Bonchev–Trinajstić information content (AvgIpc) is 2.51. The van der Waals surface area contributed by atoms with Crippen molar-refractivity contribution in [3.05, 3.63) is 54.7 Å². The highest BCUT2D eigenvalue weighted by molar-refractivity contribution is 5.60. The van der Waals surface area contributed by atoms with E-state index in [1.54, 1.807) is 0 Å². The van der Waals surface area contributed by atoms with E-state index in [9.17, 15) is 0 Å². The zero-order chi connectivity index (χ0) is 12.9. The molecule has 0 aliphatic heterocycles. The maximum Gasteiger partial charge on any atom is 0.133 e. The van der Waals surface area contributed by atoms with Crippen LogP contribution >= 0.6 is 0 Å². The van der Waals surface area contributed by atoms with Crippen LogP contribution in [0.4, 0.5) is 11.5 Å². The quantitative estimate of drug-likeness (QED) is 0.796. The van der Waals surface area contributed by atoms with Crippen molar-refractivity contribution in [3.8, 4) is 0 Å². The fourth-order valence-corrected chi connectivity index (χ4v) is 2.95. The summed E-state index contributed by atoms with van der Waals surface area (Å²) in [5.74, 6) is 1.07. The Morgan fingerprint density at radius 1 is 0.842 bits per heavy atom. The number of anilines is 2. The number of pyridine rings is 1. The molecule has 0 bridgehead atoms. The Morgan fingerprint density at radius 2 is 1.58 bits per heavy atom. The third-order valence-corrected chi connectivity index (χ3v) is 3.87. The molecule has 98 valence electrons. The average molecular weight is 252 g/mol. The molecule has 2 heteroatoms. The first-order chi connectivity index (χ1) is 9.45. The standard InChI is InChI=1S/C17H20N2/c1-3-9-15(10-4-1)19(16-11-5-2-6-12-16)17-13-7-8-14-18-17/h1,3-4,7-10,13-14,16H,2,5-6,11-12H2. The first-order valence-corrected chi connectivity index (χ1v) is 7.20. The van der Waals surface area contributed by atoms with Crippen molar-refractivity contribution < 1.29 is 0 Å². The number of benzene rings is 1. The Balaban J connectivity index is 1.96. The van der Waals surface area contributed by atoms with Gasteiger partial charge < -0.3 is 4.90 Å². The lowest BCUT2D eigenvalue weighted by Crippen LogP contribution is -2.33. The summed E-state index contributed by atoms with van der Waals surface area (Å²) in [6.07, 6.45) is 8.47. The van der Waals surface area contributed by atoms with Crippen LogP contribution in [-0.4, -0.2) is 11.0 Å². The Bertz CT molecular complexity index is 450. The SMILES string of the molecule is c1ccc(N(c2ccccn2)C2CCCCC2)cc1. The molecule has 2 nitrogen and oxygen atoms in total. The van der Waals surface area contributed by atoms with Gasteiger partial charge in [0.15, 0.2) is 0 Å². The smallest absolute Gasteiger partial charge is 0.133 e. The minimum absolute atomic E-state index is 0.589. The Labute approximate surface area is 115 Å². The zero-order valence-corrected chi connectivity index (χ0v) is 11.2. The fraction of sp³-hybridized carbons (Fsp3) is 0.353. The molecule has 0 unspecified atom stereocenters. The molecular weight excluding hydrogens is 232 g/mol. The Morgan fingerprint density at radius 3 is 2.26 bits per heavy atom. The molecule has 19 heavy (non-hydrogen) atoms. The van der Waals surface area contributed by atoms with Crippen LogP contribution in [0.15, 0.2) is 54.7 Å². The van der Waals surface area contributed by atoms with Gasteiger partial charge in [0.2, 0.25) is 0 Å². The molecule has 1 heterocycles. The topological polar surface area (TPSA) is 16.1 Å². The van der Waals surface area contributed by atoms with Crippen molar-refractivity contribution in [2.75, 3.05) is 4.90 Å². The molecule has 1 aliphatic rings. The third kappa shape index (κ3) is 2.78. The van der Waals surface area contributed by atoms with Gasteiger partial charge in [-0.25, -0.2) is 4.98 Å². The van der Waals surface area contributed by atoms with E-state index >= 15 is 0 Å². The molecule has 1 saturated carbocycles. The molecule has 0 radical (unpaired) electrons. The summed E-state index contributed by atoms with van der Waals surface area (Å²) in [4.78, 5) is 6.97. The van der Waals surface area contributed by atoms with E-state index in [0.29, 0.717) is 6.04 Å². The van der Waals surface area contributed by atoms with Gasteiger partial charge in [0.05, 0.1) is 0 Å². The molecule has 1 aromatic carbocycles. The largest absolute Gasteiger partial charge is 0.323 e. The summed E-state index contributed by atoms with van der Waals surface area (Å²) < 4.78 is 0. The summed E-state index contributed by atoms with van der Waals surface area (Å²) in [6, 6.07) is 17.4. The molecule has 0 N–H and O–H groups in total. The van der Waals surface area contributed by atoms with Crippen molar-refractivity contribution in [1.82, 2.24) is 4.98 Å². The van der Waals surface area contributed by atoms with Crippen molar-refractivity contribution in [2.45, 2.75) is 38.1 Å². The first kappa shape index (κ1) is 12.2. The molecule has 1 fully saturated rings. The van der Waals surface area contributed by atoms with E-state index in [1.807, 2.05) is 12.3 Å². The highest BCUT2D eigenvalue weighted by atomic mass is 15.2.